The molecule has 3 rings (SSSR count). The average molecular weight is 316 g/mol. The highest BCUT2D eigenvalue weighted by Crippen LogP contribution is 2.07. The Morgan fingerprint density at radius 3 is 2.78 bits per heavy atom. The second kappa shape index (κ2) is 7.19. The molecule has 0 atom stereocenters. The summed E-state index contributed by atoms with van der Waals surface area (Å²) in [6.45, 7) is 5.90. The topological polar surface area (TPSA) is 87.4 Å². The zero-order valence-electron chi connectivity index (χ0n) is 13.1. The van der Waals surface area contributed by atoms with E-state index in [9.17, 15) is 4.79 Å². The van der Waals surface area contributed by atoms with E-state index in [-0.39, 0.29) is 12.6 Å². The number of carbonyl (C=O) groups is 1. The van der Waals surface area contributed by atoms with E-state index in [0.29, 0.717) is 24.8 Å². The van der Waals surface area contributed by atoms with E-state index in [1.54, 1.807) is 13.1 Å². The lowest BCUT2D eigenvalue weighted by Gasteiger charge is -2.34. The number of piperazine rings is 1. The first-order valence-electron chi connectivity index (χ1n) is 7.65. The highest BCUT2D eigenvalue weighted by Gasteiger charge is 2.21. The minimum atomic E-state index is -0.0926. The number of hydrogen-bond acceptors (Lipinski definition) is 6. The lowest BCUT2D eigenvalue weighted by molar-refractivity contribution is 0.134. The predicted octanol–water partition coefficient (Wildman–Crippen LogP) is 0.800. The molecule has 8 heteroatoms. The summed E-state index contributed by atoms with van der Waals surface area (Å²) in [6.07, 6.45) is 1.80. The number of carbonyl (C=O) groups excluding carboxylic acids is 1. The van der Waals surface area contributed by atoms with Gasteiger partial charge in [0.2, 0.25) is 5.89 Å². The Kier molecular flexibility index (Phi) is 4.82. The van der Waals surface area contributed by atoms with Crippen LogP contribution in [0.4, 0.5) is 4.79 Å². The fraction of sp³-hybridized carbons (Fsp3) is 0.467. The van der Waals surface area contributed by atoms with Crippen molar-refractivity contribution in [3.63, 3.8) is 0 Å². The smallest absolute Gasteiger partial charge is 0.317 e. The molecule has 2 aromatic rings. The Morgan fingerprint density at radius 1 is 1.30 bits per heavy atom. The zero-order valence-corrected chi connectivity index (χ0v) is 13.1. The van der Waals surface area contributed by atoms with Gasteiger partial charge >= 0.3 is 6.03 Å². The third-order valence-corrected chi connectivity index (χ3v) is 3.74. The number of aromatic nitrogens is 3. The number of amides is 2. The summed E-state index contributed by atoms with van der Waals surface area (Å²) < 4.78 is 4.87. The van der Waals surface area contributed by atoms with E-state index in [4.69, 9.17) is 4.52 Å². The van der Waals surface area contributed by atoms with Crippen LogP contribution < -0.4 is 5.32 Å². The molecule has 0 bridgehead atoms. The van der Waals surface area contributed by atoms with Gasteiger partial charge < -0.3 is 14.7 Å². The summed E-state index contributed by atoms with van der Waals surface area (Å²) in [7, 11) is 0. The highest BCUT2D eigenvalue weighted by atomic mass is 16.5. The average Bonchev–Trinajstić information content (AvgIpc) is 3.00. The van der Waals surface area contributed by atoms with Crippen LogP contribution in [0.5, 0.6) is 0 Å². The second-order valence-corrected chi connectivity index (χ2v) is 5.47. The molecule has 0 aromatic carbocycles. The summed E-state index contributed by atoms with van der Waals surface area (Å²) in [6, 6.07) is 5.83. The molecular formula is C15H20N6O2. The first-order valence-corrected chi connectivity index (χ1v) is 7.65. The number of rotatable bonds is 4. The molecule has 0 saturated carbocycles. The minimum absolute atomic E-state index is 0.0926. The van der Waals surface area contributed by atoms with Gasteiger partial charge in [-0.2, -0.15) is 4.98 Å². The second-order valence-electron chi connectivity index (χ2n) is 5.47. The number of aryl methyl sites for hydroxylation is 1. The van der Waals surface area contributed by atoms with Gasteiger partial charge in [-0.1, -0.05) is 11.2 Å². The number of urea groups is 1. The van der Waals surface area contributed by atoms with E-state index in [2.05, 4.69) is 25.3 Å². The summed E-state index contributed by atoms with van der Waals surface area (Å²) in [5.74, 6) is 0.988. The Balaban J connectivity index is 1.42. The number of nitrogens with zero attached hydrogens (tertiary/aromatic N) is 5. The van der Waals surface area contributed by atoms with Crippen LogP contribution in [0.3, 0.4) is 0 Å². The first-order chi connectivity index (χ1) is 11.2. The Bertz CT molecular complexity index is 636. The molecule has 1 aliphatic heterocycles. The van der Waals surface area contributed by atoms with Crippen molar-refractivity contribution in [2.24, 2.45) is 0 Å². The normalized spacial score (nSPS) is 15.6. The van der Waals surface area contributed by atoms with Gasteiger partial charge in [-0.25, -0.2) is 4.79 Å². The van der Waals surface area contributed by atoms with Crippen molar-refractivity contribution in [1.29, 1.82) is 0 Å². The van der Waals surface area contributed by atoms with Crippen LogP contribution in [-0.4, -0.2) is 57.1 Å². The van der Waals surface area contributed by atoms with Gasteiger partial charge in [0.05, 0.1) is 12.2 Å². The van der Waals surface area contributed by atoms with Crippen molar-refractivity contribution < 1.29 is 9.32 Å². The van der Waals surface area contributed by atoms with Crippen molar-refractivity contribution in [1.82, 2.24) is 30.2 Å². The van der Waals surface area contributed by atoms with Gasteiger partial charge in [0.25, 0.3) is 0 Å². The SMILES string of the molecule is Cc1nc(CNC(=O)N2CCN(Cc3ccccn3)CC2)no1. The zero-order chi connectivity index (χ0) is 16.1. The van der Waals surface area contributed by atoms with Gasteiger partial charge in [-0.3, -0.25) is 9.88 Å². The monoisotopic (exact) mass is 316 g/mol. The Morgan fingerprint density at radius 2 is 2.13 bits per heavy atom. The fourth-order valence-corrected chi connectivity index (χ4v) is 2.51. The minimum Gasteiger partial charge on any atom is -0.340 e. The molecule has 0 radical (unpaired) electrons. The van der Waals surface area contributed by atoms with Crippen LogP contribution in [0.2, 0.25) is 0 Å². The first kappa shape index (κ1) is 15.4. The van der Waals surface area contributed by atoms with E-state index < -0.39 is 0 Å². The van der Waals surface area contributed by atoms with Gasteiger partial charge in [-0.05, 0) is 12.1 Å². The molecule has 1 N–H and O–H groups in total. The Hall–Kier alpha value is -2.48. The molecule has 2 aromatic heterocycles. The molecule has 23 heavy (non-hydrogen) atoms. The molecule has 0 aliphatic carbocycles. The lowest BCUT2D eigenvalue weighted by Crippen LogP contribution is -2.51. The van der Waals surface area contributed by atoms with E-state index in [1.165, 1.54) is 0 Å². The maximum atomic E-state index is 12.1. The molecule has 2 amide bonds. The molecule has 3 heterocycles. The van der Waals surface area contributed by atoms with Crippen molar-refractivity contribution >= 4 is 6.03 Å². The van der Waals surface area contributed by atoms with Crippen molar-refractivity contribution in [2.45, 2.75) is 20.0 Å². The predicted molar refractivity (Wildman–Crippen MR) is 82.4 cm³/mol. The number of pyridine rings is 1. The maximum absolute atomic E-state index is 12.1. The summed E-state index contributed by atoms with van der Waals surface area (Å²) in [4.78, 5) is 24.6. The van der Waals surface area contributed by atoms with Crippen molar-refractivity contribution in [2.75, 3.05) is 26.2 Å². The van der Waals surface area contributed by atoms with Crippen LogP contribution in [0.25, 0.3) is 0 Å². The molecule has 1 saturated heterocycles. The van der Waals surface area contributed by atoms with E-state index >= 15 is 0 Å². The molecule has 1 fully saturated rings. The standard InChI is InChI=1S/C15H20N6O2/c1-12-18-14(19-23-12)10-17-15(22)21-8-6-20(7-9-21)11-13-4-2-3-5-16-13/h2-5H,6-11H2,1H3,(H,17,22). The molecule has 0 spiro atoms. The maximum Gasteiger partial charge on any atom is 0.317 e. The van der Waals surface area contributed by atoms with Gasteiger partial charge in [0, 0.05) is 45.8 Å². The number of hydrogen-bond donors (Lipinski definition) is 1. The molecule has 1 aliphatic rings. The lowest BCUT2D eigenvalue weighted by atomic mass is 10.3. The van der Waals surface area contributed by atoms with Crippen molar-refractivity contribution in [3.05, 3.63) is 41.8 Å². The van der Waals surface area contributed by atoms with E-state index in [0.717, 1.165) is 25.3 Å². The quantitative estimate of drug-likeness (QED) is 0.898. The fourth-order valence-electron chi connectivity index (χ4n) is 2.51. The summed E-state index contributed by atoms with van der Waals surface area (Å²) in [5, 5.41) is 6.57. The van der Waals surface area contributed by atoms with Crippen LogP contribution >= 0.6 is 0 Å². The van der Waals surface area contributed by atoms with Gasteiger partial charge in [0.1, 0.15) is 0 Å². The van der Waals surface area contributed by atoms with Crippen LogP contribution in [-0.2, 0) is 13.1 Å². The van der Waals surface area contributed by atoms with Gasteiger partial charge in [-0.15, -0.1) is 0 Å². The number of nitrogens with one attached hydrogen (secondary N) is 1. The van der Waals surface area contributed by atoms with E-state index in [1.807, 2.05) is 23.1 Å². The molecular weight excluding hydrogens is 296 g/mol. The van der Waals surface area contributed by atoms with Crippen LogP contribution in [0, 0.1) is 6.92 Å². The summed E-state index contributed by atoms with van der Waals surface area (Å²) in [5.41, 5.74) is 1.05. The molecule has 8 nitrogen and oxygen atoms in total. The van der Waals surface area contributed by atoms with Gasteiger partial charge in [0.15, 0.2) is 5.82 Å². The third kappa shape index (κ3) is 4.26. The summed E-state index contributed by atoms with van der Waals surface area (Å²) >= 11 is 0. The highest BCUT2D eigenvalue weighted by molar-refractivity contribution is 5.74. The third-order valence-electron chi connectivity index (χ3n) is 3.74. The van der Waals surface area contributed by atoms with Crippen molar-refractivity contribution in [3.8, 4) is 0 Å². The van der Waals surface area contributed by atoms with Crippen LogP contribution in [0.1, 0.15) is 17.4 Å². The van der Waals surface area contributed by atoms with Crippen LogP contribution in [0.15, 0.2) is 28.9 Å². The Labute approximate surface area is 134 Å². The largest absolute Gasteiger partial charge is 0.340 e. The molecule has 0 unspecified atom stereocenters. The molecule has 122 valence electrons.